The molecule has 0 aliphatic rings. The van der Waals surface area contributed by atoms with Gasteiger partial charge in [-0.2, -0.15) is 8.42 Å². The molecule has 0 unspecified atom stereocenters. The van der Waals surface area contributed by atoms with E-state index >= 15 is 0 Å². The lowest BCUT2D eigenvalue weighted by Gasteiger charge is -2.22. The van der Waals surface area contributed by atoms with Crippen molar-refractivity contribution in [1.82, 2.24) is 9.97 Å². The number of sulfonamides is 1. The molecule has 0 amide bonds. The molecule has 0 N–H and O–H groups in total. The Kier molecular flexibility index (Phi) is 5.38. The predicted octanol–water partition coefficient (Wildman–Crippen LogP) is 3.53. The minimum atomic E-state index is -4.41. The van der Waals surface area contributed by atoms with Crippen LogP contribution in [0.1, 0.15) is 11.1 Å². The quantitative estimate of drug-likeness (QED) is 0.621. The van der Waals surface area contributed by atoms with Gasteiger partial charge in [0.25, 0.3) is 10.0 Å². The van der Waals surface area contributed by atoms with Crippen LogP contribution in [0.4, 0.5) is 14.6 Å². The smallest absolute Gasteiger partial charge is 0.286 e. The summed E-state index contributed by atoms with van der Waals surface area (Å²) < 4.78 is 60.2. The maximum atomic E-state index is 14.5. The maximum absolute atomic E-state index is 14.5. The zero-order chi connectivity index (χ0) is 19.6. The molecule has 3 aromatic rings. The highest BCUT2D eigenvalue weighted by Crippen LogP contribution is 2.28. The highest BCUT2D eigenvalue weighted by molar-refractivity contribution is 7.92. The fourth-order valence-electron chi connectivity index (χ4n) is 2.33. The van der Waals surface area contributed by atoms with Crippen LogP contribution in [-0.4, -0.2) is 25.5 Å². The third-order valence-corrected chi connectivity index (χ3v) is 6.11. The van der Waals surface area contributed by atoms with Gasteiger partial charge in [-0.25, -0.2) is 23.1 Å². The number of hydrogen-bond donors (Lipinski definition) is 0. The second kappa shape index (κ2) is 7.57. The first-order valence-electron chi connectivity index (χ1n) is 7.69. The van der Waals surface area contributed by atoms with Crippen molar-refractivity contribution in [3.8, 4) is 5.75 Å². The molecular weight excluding hydrogens is 396 g/mol. The minimum Gasteiger partial charge on any atom is -0.497 e. The second-order valence-electron chi connectivity index (χ2n) is 5.56. The summed E-state index contributed by atoms with van der Waals surface area (Å²) in [5, 5.41) is 0.679. The molecule has 3 rings (SSSR count). The molecule has 0 saturated carbocycles. The molecular formula is C17H15F2N3O3S2. The van der Waals surface area contributed by atoms with Crippen LogP contribution in [0.5, 0.6) is 5.75 Å². The second-order valence-corrected chi connectivity index (χ2v) is 8.05. The largest absolute Gasteiger partial charge is 0.497 e. The van der Waals surface area contributed by atoms with E-state index in [1.807, 2.05) is 0 Å². The molecule has 1 aromatic carbocycles. The number of anilines is 1. The van der Waals surface area contributed by atoms with Gasteiger partial charge in [-0.1, -0.05) is 12.1 Å². The Bertz CT molecular complexity index is 1040. The number of thiazole rings is 1. The summed E-state index contributed by atoms with van der Waals surface area (Å²) in [5.41, 5.74) is 1.68. The maximum Gasteiger partial charge on any atom is 0.286 e. The van der Waals surface area contributed by atoms with Crippen LogP contribution in [0.25, 0.3) is 0 Å². The van der Waals surface area contributed by atoms with Crippen molar-refractivity contribution in [2.75, 3.05) is 11.4 Å². The summed E-state index contributed by atoms with van der Waals surface area (Å²) in [6.45, 7) is 1.05. The highest BCUT2D eigenvalue weighted by atomic mass is 32.2. The standard InChI is InChI=1S/C17H15F2N3O3S2/c1-11-14(18)7-20-17(16(11)19)27(23,24)22(15-9-26-10-21-15)8-12-3-5-13(25-2)6-4-12/h3-7,9-10H,8H2,1-2H3. The molecule has 0 aliphatic carbocycles. The van der Waals surface area contributed by atoms with E-state index in [-0.39, 0.29) is 12.4 Å². The van der Waals surface area contributed by atoms with E-state index in [1.165, 1.54) is 29.3 Å². The molecule has 0 fully saturated rings. The van der Waals surface area contributed by atoms with Gasteiger partial charge in [0.15, 0.2) is 11.6 Å². The normalized spacial score (nSPS) is 11.4. The Balaban J connectivity index is 2.06. The Labute approximate surface area is 159 Å². The molecule has 2 heterocycles. The number of hydrogen-bond acceptors (Lipinski definition) is 6. The SMILES string of the molecule is COc1ccc(CN(c2cscn2)S(=O)(=O)c2ncc(F)c(C)c2F)cc1. The predicted molar refractivity (Wildman–Crippen MR) is 97.4 cm³/mol. The summed E-state index contributed by atoms with van der Waals surface area (Å²) >= 11 is 1.19. The van der Waals surface area contributed by atoms with Crippen molar-refractivity contribution in [3.63, 3.8) is 0 Å². The number of methoxy groups -OCH3 is 1. The van der Waals surface area contributed by atoms with E-state index in [4.69, 9.17) is 4.74 Å². The lowest BCUT2D eigenvalue weighted by atomic mass is 10.2. The summed E-state index contributed by atoms with van der Waals surface area (Å²) in [5.74, 6) is -1.39. The first-order chi connectivity index (χ1) is 12.8. The molecule has 6 nitrogen and oxygen atoms in total. The van der Waals surface area contributed by atoms with Crippen LogP contribution in [0.2, 0.25) is 0 Å². The summed E-state index contributed by atoms with van der Waals surface area (Å²) in [6, 6.07) is 6.74. The molecule has 0 radical (unpaired) electrons. The number of rotatable bonds is 6. The highest BCUT2D eigenvalue weighted by Gasteiger charge is 2.32. The number of halogens is 2. The number of nitrogens with zero attached hydrogens (tertiary/aromatic N) is 3. The van der Waals surface area contributed by atoms with E-state index in [2.05, 4.69) is 9.97 Å². The fourth-order valence-corrected chi connectivity index (χ4v) is 4.38. The van der Waals surface area contributed by atoms with Crippen LogP contribution in [-0.2, 0) is 16.6 Å². The van der Waals surface area contributed by atoms with Gasteiger partial charge in [-0.15, -0.1) is 11.3 Å². The van der Waals surface area contributed by atoms with E-state index < -0.39 is 32.2 Å². The van der Waals surface area contributed by atoms with Crippen molar-refractivity contribution in [1.29, 1.82) is 0 Å². The molecule has 0 spiro atoms. The Morgan fingerprint density at radius 3 is 2.48 bits per heavy atom. The van der Waals surface area contributed by atoms with Gasteiger partial charge in [0.2, 0.25) is 5.03 Å². The molecule has 0 atom stereocenters. The van der Waals surface area contributed by atoms with Gasteiger partial charge < -0.3 is 4.74 Å². The van der Waals surface area contributed by atoms with Crippen LogP contribution in [0.3, 0.4) is 0 Å². The molecule has 0 saturated heterocycles. The first-order valence-corrected chi connectivity index (χ1v) is 10.1. The van der Waals surface area contributed by atoms with E-state index in [0.29, 0.717) is 17.5 Å². The van der Waals surface area contributed by atoms with Gasteiger partial charge in [-0.3, -0.25) is 0 Å². The van der Waals surface area contributed by atoms with Crippen molar-refractivity contribution in [2.45, 2.75) is 18.5 Å². The Hall–Kier alpha value is -2.59. The first kappa shape index (κ1) is 19.2. The zero-order valence-electron chi connectivity index (χ0n) is 14.4. The van der Waals surface area contributed by atoms with E-state index in [0.717, 1.165) is 11.2 Å². The fraction of sp³-hybridized carbons (Fsp3) is 0.176. The van der Waals surface area contributed by atoms with Gasteiger partial charge in [0.05, 0.1) is 25.4 Å². The van der Waals surface area contributed by atoms with Crippen molar-refractivity contribution in [3.05, 3.63) is 64.1 Å². The Morgan fingerprint density at radius 2 is 1.89 bits per heavy atom. The number of aromatic nitrogens is 2. The molecule has 142 valence electrons. The summed E-state index contributed by atoms with van der Waals surface area (Å²) in [4.78, 5) is 7.51. The van der Waals surface area contributed by atoms with Gasteiger partial charge >= 0.3 is 0 Å². The van der Waals surface area contributed by atoms with Crippen LogP contribution in [0, 0.1) is 18.6 Å². The average molecular weight is 411 g/mol. The van der Waals surface area contributed by atoms with E-state index in [1.54, 1.807) is 24.3 Å². The minimum absolute atomic E-state index is 0.104. The lowest BCUT2D eigenvalue weighted by Crippen LogP contribution is -2.32. The third kappa shape index (κ3) is 3.76. The Morgan fingerprint density at radius 1 is 1.19 bits per heavy atom. The van der Waals surface area contributed by atoms with Gasteiger partial charge in [-0.05, 0) is 24.6 Å². The summed E-state index contributed by atoms with van der Waals surface area (Å²) in [7, 11) is -2.89. The van der Waals surface area contributed by atoms with Crippen molar-refractivity contribution in [2.24, 2.45) is 0 Å². The lowest BCUT2D eigenvalue weighted by molar-refractivity contribution is 0.414. The van der Waals surface area contributed by atoms with Crippen molar-refractivity contribution >= 4 is 27.2 Å². The third-order valence-electron chi connectivity index (χ3n) is 3.86. The van der Waals surface area contributed by atoms with Crippen LogP contribution >= 0.6 is 11.3 Å². The molecule has 2 aromatic heterocycles. The van der Waals surface area contributed by atoms with Crippen LogP contribution in [0.15, 0.2) is 46.4 Å². The van der Waals surface area contributed by atoms with E-state index in [9.17, 15) is 17.2 Å². The topological polar surface area (TPSA) is 72.4 Å². The zero-order valence-corrected chi connectivity index (χ0v) is 16.0. The molecule has 0 bridgehead atoms. The van der Waals surface area contributed by atoms with Gasteiger partial charge in [0.1, 0.15) is 11.6 Å². The molecule has 0 aliphatic heterocycles. The average Bonchev–Trinajstić information content (AvgIpc) is 3.18. The van der Waals surface area contributed by atoms with Gasteiger partial charge in [0, 0.05) is 10.9 Å². The monoisotopic (exact) mass is 411 g/mol. The number of ether oxygens (including phenoxy) is 1. The van der Waals surface area contributed by atoms with Crippen molar-refractivity contribution < 1.29 is 21.9 Å². The van der Waals surface area contributed by atoms with Crippen LogP contribution < -0.4 is 9.04 Å². The molecule has 10 heteroatoms. The summed E-state index contributed by atoms with van der Waals surface area (Å²) in [6.07, 6.45) is 0.692. The number of benzene rings is 1. The molecule has 27 heavy (non-hydrogen) atoms. The number of pyridine rings is 1.